The van der Waals surface area contributed by atoms with E-state index in [2.05, 4.69) is 5.32 Å². The number of aryl methyl sites for hydroxylation is 1. The first kappa shape index (κ1) is 14.8. The third-order valence-corrected chi connectivity index (χ3v) is 6.25. The lowest BCUT2D eigenvalue weighted by Gasteiger charge is -2.07. The summed E-state index contributed by atoms with van der Waals surface area (Å²) < 4.78 is 0. The first-order chi connectivity index (χ1) is 9.24. The molecule has 104 valence electrons. The van der Waals surface area contributed by atoms with Gasteiger partial charge in [-0.2, -0.15) is 0 Å². The smallest absolute Gasteiger partial charge is 0.224 e. The molecular formula is C15H21NOS2. The van der Waals surface area contributed by atoms with E-state index in [9.17, 15) is 4.79 Å². The summed E-state index contributed by atoms with van der Waals surface area (Å²) in [6.07, 6.45) is 5.40. The summed E-state index contributed by atoms with van der Waals surface area (Å²) in [7, 11) is 4.01. The highest BCUT2D eigenvalue weighted by Crippen LogP contribution is 2.39. The number of carbonyl (C=O) groups excluding carboxylic acids is 1. The Kier molecular flexibility index (Phi) is 6.11. The van der Waals surface area contributed by atoms with E-state index in [4.69, 9.17) is 0 Å². The first-order valence-corrected chi connectivity index (χ1v) is 9.27. The minimum absolute atomic E-state index is 0.136. The first-order valence-electron chi connectivity index (χ1n) is 6.89. The molecule has 1 N–H and O–H groups in total. The van der Waals surface area contributed by atoms with Gasteiger partial charge in [0, 0.05) is 23.1 Å². The van der Waals surface area contributed by atoms with E-state index >= 15 is 0 Å². The van der Waals surface area contributed by atoms with Crippen molar-refractivity contribution in [2.45, 2.75) is 44.3 Å². The quantitative estimate of drug-likeness (QED) is 0.612. The van der Waals surface area contributed by atoms with Gasteiger partial charge in [0.15, 0.2) is 0 Å². The Bertz CT molecular complexity index is 399. The van der Waals surface area contributed by atoms with Gasteiger partial charge in [-0.3, -0.25) is 4.79 Å². The van der Waals surface area contributed by atoms with E-state index < -0.39 is 0 Å². The third kappa shape index (κ3) is 5.49. The summed E-state index contributed by atoms with van der Waals surface area (Å²) in [6, 6.07) is 7.95. The van der Waals surface area contributed by atoms with Gasteiger partial charge in [-0.1, -0.05) is 45.7 Å². The van der Waals surface area contributed by atoms with Crippen LogP contribution in [-0.2, 0) is 4.79 Å². The molecule has 1 aromatic rings. The van der Waals surface area contributed by atoms with Gasteiger partial charge in [-0.05, 0) is 38.3 Å². The van der Waals surface area contributed by atoms with Gasteiger partial charge in [-0.25, -0.2) is 0 Å². The molecule has 1 aromatic carbocycles. The van der Waals surface area contributed by atoms with E-state index in [0.717, 1.165) is 17.4 Å². The predicted octanol–water partition coefficient (Wildman–Crippen LogP) is 4.65. The SMILES string of the molecule is Cc1ccc(NC(=O)CCCC[C@@H]2CCSS2)cc1. The van der Waals surface area contributed by atoms with Crippen LogP contribution in [0, 0.1) is 6.92 Å². The summed E-state index contributed by atoms with van der Waals surface area (Å²) in [6.45, 7) is 2.05. The van der Waals surface area contributed by atoms with E-state index in [-0.39, 0.29) is 5.91 Å². The highest BCUT2D eigenvalue weighted by Gasteiger charge is 2.15. The Morgan fingerprint density at radius 3 is 2.79 bits per heavy atom. The monoisotopic (exact) mass is 295 g/mol. The summed E-state index contributed by atoms with van der Waals surface area (Å²) in [4.78, 5) is 11.8. The number of hydrogen-bond donors (Lipinski definition) is 1. The van der Waals surface area contributed by atoms with Crippen molar-refractivity contribution in [1.29, 1.82) is 0 Å². The van der Waals surface area contributed by atoms with Crippen molar-refractivity contribution >= 4 is 33.2 Å². The van der Waals surface area contributed by atoms with Crippen LogP contribution in [0.15, 0.2) is 24.3 Å². The number of hydrogen-bond acceptors (Lipinski definition) is 3. The fourth-order valence-corrected chi connectivity index (χ4v) is 5.11. The zero-order valence-electron chi connectivity index (χ0n) is 11.4. The molecule has 1 amide bonds. The number of unbranched alkanes of at least 4 members (excludes halogenated alkanes) is 1. The molecule has 4 heteroatoms. The van der Waals surface area contributed by atoms with E-state index in [1.54, 1.807) is 0 Å². The molecule has 1 atom stereocenters. The van der Waals surface area contributed by atoms with Crippen LogP contribution in [0.25, 0.3) is 0 Å². The van der Waals surface area contributed by atoms with Gasteiger partial charge in [0.1, 0.15) is 0 Å². The number of anilines is 1. The van der Waals surface area contributed by atoms with Crippen LogP contribution >= 0.6 is 21.6 Å². The molecule has 0 aliphatic carbocycles. The summed E-state index contributed by atoms with van der Waals surface area (Å²) in [5.74, 6) is 1.43. The molecule has 1 aliphatic heterocycles. The van der Waals surface area contributed by atoms with Crippen LogP contribution in [0.1, 0.15) is 37.7 Å². The second-order valence-electron chi connectivity index (χ2n) is 4.99. The van der Waals surface area contributed by atoms with Crippen molar-refractivity contribution < 1.29 is 4.79 Å². The Hall–Kier alpha value is -0.610. The van der Waals surface area contributed by atoms with Gasteiger partial charge in [0.25, 0.3) is 0 Å². The second-order valence-corrected chi connectivity index (χ2v) is 7.78. The van der Waals surface area contributed by atoms with Gasteiger partial charge < -0.3 is 5.32 Å². The number of carbonyl (C=O) groups is 1. The number of amides is 1. The molecule has 2 nitrogen and oxygen atoms in total. The lowest BCUT2D eigenvalue weighted by Crippen LogP contribution is -2.11. The van der Waals surface area contributed by atoms with Gasteiger partial charge >= 0.3 is 0 Å². The summed E-state index contributed by atoms with van der Waals surface area (Å²) >= 11 is 0. The Morgan fingerprint density at radius 2 is 2.11 bits per heavy atom. The van der Waals surface area contributed by atoms with Crippen molar-refractivity contribution in [2.24, 2.45) is 0 Å². The van der Waals surface area contributed by atoms with Gasteiger partial charge in [-0.15, -0.1) is 0 Å². The van der Waals surface area contributed by atoms with Crippen molar-refractivity contribution in [3.05, 3.63) is 29.8 Å². The van der Waals surface area contributed by atoms with Crippen molar-refractivity contribution in [1.82, 2.24) is 0 Å². The summed E-state index contributed by atoms with van der Waals surface area (Å²) in [5.41, 5.74) is 2.11. The molecule has 1 heterocycles. The molecule has 19 heavy (non-hydrogen) atoms. The Balaban J connectivity index is 1.60. The topological polar surface area (TPSA) is 29.1 Å². The second kappa shape index (κ2) is 7.85. The predicted molar refractivity (Wildman–Crippen MR) is 86.7 cm³/mol. The van der Waals surface area contributed by atoms with E-state index in [0.29, 0.717) is 6.42 Å². The van der Waals surface area contributed by atoms with Crippen LogP contribution in [0.3, 0.4) is 0 Å². The number of rotatable bonds is 6. The molecule has 1 aliphatic rings. The Labute approximate surface area is 123 Å². The Morgan fingerprint density at radius 1 is 1.32 bits per heavy atom. The average molecular weight is 295 g/mol. The molecule has 0 saturated carbocycles. The number of nitrogens with one attached hydrogen (secondary N) is 1. The summed E-state index contributed by atoms with van der Waals surface area (Å²) in [5, 5.41) is 3.77. The van der Waals surface area contributed by atoms with Crippen LogP contribution < -0.4 is 5.32 Å². The van der Waals surface area contributed by atoms with Gasteiger partial charge in [0.2, 0.25) is 5.91 Å². The standard InChI is InChI=1S/C15H21NOS2/c1-12-6-8-13(9-7-12)16-15(17)5-3-2-4-14-10-11-18-19-14/h6-9,14H,2-5,10-11H2,1H3,(H,16,17)/t14-/m1/s1. The van der Waals surface area contributed by atoms with Crippen molar-refractivity contribution in [3.8, 4) is 0 Å². The molecule has 0 aromatic heterocycles. The molecule has 0 unspecified atom stereocenters. The lowest BCUT2D eigenvalue weighted by molar-refractivity contribution is -0.116. The molecule has 2 rings (SSSR count). The zero-order valence-corrected chi connectivity index (χ0v) is 13.0. The minimum Gasteiger partial charge on any atom is -0.326 e. The van der Waals surface area contributed by atoms with Crippen LogP contribution in [0.2, 0.25) is 0 Å². The highest BCUT2D eigenvalue weighted by atomic mass is 33.1. The maximum Gasteiger partial charge on any atom is 0.224 e. The van der Waals surface area contributed by atoms with Crippen molar-refractivity contribution in [3.63, 3.8) is 0 Å². The van der Waals surface area contributed by atoms with Gasteiger partial charge in [0.05, 0.1) is 0 Å². The molecular weight excluding hydrogens is 274 g/mol. The fourth-order valence-electron chi connectivity index (χ4n) is 2.08. The molecule has 1 saturated heterocycles. The van der Waals surface area contributed by atoms with E-state index in [1.807, 2.05) is 52.8 Å². The largest absolute Gasteiger partial charge is 0.326 e. The number of benzene rings is 1. The highest BCUT2D eigenvalue weighted by molar-refractivity contribution is 8.77. The lowest BCUT2D eigenvalue weighted by atomic mass is 10.1. The molecule has 0 radical (unpaired) electrons. The molecule has 0 spiro atoms. The van der Waals surface area contributed by atoms with E-state index in [1.165, 1.54) is 30.6 Å². The maximum atomic E-state index is 11.8. The average Bonchev–Trinajstić information content (AvgIpc) is 2.91. The van der Waals surface area contributed by atoms with Crippen LogP contribution in [0.4, 0.5) is 5.69 Å². The zero-order chi connectivity index (χ0) is 13.5. The maximum absolute atomic E-state index is 11.8. The molecule has 1 fully saturated rings. The van der Waals surface area contributed by atoms with Crippen molar-refractivity contribution in [2.75, 3.05) is 11.1 Å². The normalized spacial score (nSPS) is 18.5. The minimum atomic E-state index is 0.136. The third-order valence-electron chi connectivity index (χ3n) is 3.24. The molecule has 0 bridgehead atoms. The van der Waals surface area contributed by atoms with Crippen LogP contribution in [0.5, 0.6) is 0 Å². The fraction of sp³-hybridized carbons (Fsp3) is 0.533. The van der Waals surface area contributed by atoms with Crippen LogP contribution in [-0.4, -0.2) is 16.9 Å².